The number of carbonyl (C=O) groups is 1. The van der Waals surface area contributed by atoms with E-state index in [2.05, 4.69) is 20.1 Å². The number of nitriles is 2. The predicted octanol–water partition coefficient (Wildman–Crippen LogP) is 1.36. The molecule has 1 amide bonds. The van der Waals surface area contributed by atoms with Crippen LogP contribution in [0.1, 0.15) is 18.1 Å². The number of pyridine rings is 1. The van der Waals surface area contributed by atoms with Gasteiger partial charge >= 0.3 is 0 Å². The van der Waals surface area contributed by atoms with Crippen LogP contribution in [0.3, 0.4) is 0 Å². The molecule has 0 bridgehead atoms. The van der Waals surface area contributed by atoms with Crippen molar-refractivity contribution in [2.45, 2.75) is 17.2 Å². The van der Waals surface area contributed by atoms with Gasteiger partial charge in [0.15, 0.2) is 24.6 Å². The fourth-order valence-corrected chi connectivity index (χ4v) is 3.65. The molecule has 10 nitrogen and oxygen atoms in total. The van der Waals surface area contributed by atoms with E-state index >= 15 is 0 Å². The van der Waals surface area contributed by atoms with Gasteiger partial charge in [-0.25, -0.2) is 13.8 Å². The van der Waals surface area contributed by atoms with Gasteiger partial charge in [0.05, 0.1) is 21.6 Å². The predicted molar refractivity (Wildman–Crippen MR) is 105 cm³/mol. The van der Waals surface area contributed by atoms with Crippen LogP contribution in [0.15, 0.2) is 27.7 Å². The van der Waals surface area contributed by atoms with Crippen LogP contribution in [-0.4, -0.2) is 21.4 Å². The quantitative estimate of drug-likeness (QED) is 0.424. The lowest BCUT2D eigenvalue weighted by Crippen LogP contribution is -2.32. The summed E-state index contributed by atoms with van der Waals surface area (Å²) >= 11 is 0.821. The smallest absolute Gasteiger partial charge is 0.266 e. The average Bonchev–Trinajstić information content (AvgIpc) is 3.08. The van der Waals surface area contributed by atoms with Gasteiger partial charge in [-0.3, -0.25) is 4.79 Å². The number of aryl methyl sites for hydroxylation is 1. The molecule has 0 aliphatic heterocycles. The molecule has 32 heavy (non-hydrogen) atoms. The maximum absolute atomic E-state index is 13.4. The second-order valence-electron chi connectivity index (χ2n) is 6.36. The van der Waals surface area contributed by atoms with Crippen LogP contribution in [0.5, 0.6) is 5.95 Å². The molecule has 0 aliphatic carbocycles. The molecular weight excluding hydrogens is 444 g/mol. The van der Waals surface area contributed by atoms with E-state index in [-0.39, 0.29) is 38.9 Å². The zero-order valence-electron chi connectivity index (χ0n) is 16.5. The van der Waals surface area contributed by atoms with Crippen molar-refractivity contribution < 1.29 is 27.9 Å². The van der Waals surface area contributed by atoms with Crippen molar-refractivity contribution in [3.8, 4) is 29.3 Å². The highest BCUT2D eigenvalue weighted by molar-refractivity contribution is 8.00. The van der Waals surface area contributed by atoms with E-state index in [0.717, 1.165) is 28.6 Å². The zero-order chi connectivity index (χ0) is 23.6. The molecule has 0 saturated heterocycles. The molecular formula is C19H13F2N7O3S. The number of nitrogen functional groups attached to an aromatic ring is 1. The summed E-state index contributed by atoms with van der Waals surface area (Å²) in [7, 11) is 1.38. The van der Waals surface area contributed by atoms with Gasteiger partial charge in [-0.2, -0.15) is 10.5 Å². The number of aromatic nitrogens is 3. The molecule has 2 heterocycles. The third-order valence-electron chi connectivity index (χ3n) is 4.26. The first kappa shape index (κ1) is 22.5. The maximum Gasteiger partial charge on any atom is 0.266 e. The first-order valence-electron chi connectivity index (χ1n) is 8.77. The summed E-state index contributed by atoms with van der Waals surface area (Å²) in [5.41, 5.74) is 5.20. The van der Waals surface area contributed by atoms with Gasteiger partial charge in [-0.05, 0) is 19.1 Å². The third-order valence-corrected chi connectivity index (χ3v) is 5.35. The van der Waals surface area contributed by atoms with Crippen molar-refractivity contribution in [1.29, 1.82) is 10.5 Å². The Kier molecular flexibility index (Phi) is 6.22. The Balaban J connectivity index is 1.99. The first-order chi connectivity index (χ1) is 15.2. The number of halogens is 2. The van der Waals surface area contributed by atoms with Crippen LogP contribution in [0.4, 0.5) is 20.3 Å². The lowest BCUT2D eigenvalue weighted by molar-refractivity contribution is -0.730. The van der Waals surface area contributed by atoms with Gasteiger partial charge in [-0.1, -0.05) is 16.4 Å². The summed E-state index contributed by atoms with van der Waals surface area (Å²) in [5, 5.41) is 36.4. The number of anilines is 2. The lowest BCUT2D eigenvalue weighted by Gasteiger charge is -2.15. The van der Waals surface area contributed by atoms with E-state index in [4.69, 9.17) is 5.73 Å². The summed E-state index contributed by atoms with van der Waals surface area (Å²) in [6, 6.07) is 6.57. The van der Waals surface area contributed by atoms with Gasteiger partial charge in [0.2, 0.25) is 5.91 Å². The Hall–Kier alpha value is -4.23. The molecule has 3 N–H and O–H groups in total. The van der Waals surface area contributed by atoms with Gasteiger partial charge < -0.3 is 20.7 Å². The van der Waals surface area contributed by atoms with Gasteiger partial charge in [-0.15, -0.1) is 0 Å². The highest BCUT2D eigenvalue weighted by atomic mass is 32.2. The Bertz CT molecular complexity index is 1290. The summed E-state index contributed by atoms with van der Waals surface area (Å²) in [6.07, 6.45) is 0. The Morgan fingerprint density at radius 2 is 2.00 bits per heavy atom. The van der Waals surface area contributed by atoms with Crippen LogP contribution in [0.2, 0.25) is 0 Å². The van der Waals surface area contributed by atoms with Crippen molar-refractivity contribution in [3.05, 3.63) is 41.0 Å². The fraction of sp³-hybridized carbons (Fsp3) is 0.158. The highest BCUT2D eigenvalue weighted by Crippen LogP contribution is 2.38. The molecule has 0 fully saturated rings. The highest BCUT2D eigenvalue weighted by Gasteiger charge is 2.30. The van der Waals surface area contributed by atoms with E-state index in [1.54, 1.807) is 0 Å². The van der Waals surface area contributed by atoms with Crippen LogP contribution < -0.4 is 20.8 Å². The molecule has 0 saturated carbocycles. The number of hydrogen-bond donors (Lipinski definition) is 2. The number of nitrogens with one attached hydrogen (secondary N) is 1. The Morgan fingerprint density at radius 1 is 1.31 bits per heavy atom. The molecule has 3 aromatic rings. The largest absolute Gasteiger partial charge is 0.539 e. The van der Waals surface area contributed by atoms with Gasteiger partial charge in [0, 0.05) is 11.8 Å². The minimum atomic E-state index is -1.13. The third kappa shape index (κ3) is 4.14. The first-order valence-corrected chi connectivity index (χ1v) is 9.65. The van der Waals surface area contributed by atoms with Crippen LogP contribution in [-0.2, 0) is 11.8 Å². The molecule has 2 aromatic heterocycles. The molecule has 162 valence electrons. The van der Waals surface area contributed by atoms with Crippen LogP contribution in [0, 0.1) is 34.3 Å². The number of amides is 1. The SMILES string of the molecule is CC(Sc1nc(N)c(C#N)c(-c2c([O-])on[n+]2C)c1C#N)C(=O)Nc1ccc(F)c(F)c1. The zero-order valence-corrected chi connectivity index (χ0v) is 17.3. The minimum Gasteiger partial charge on any atom is -0.539 e. The van der Waals surface area contributed by atoms with E-state index in [1.165, 1.54) is 20.0 Å². The molecule has 0 aliphatic rings. The number of hydrogen-bond acceptors (Lipinski definition) is 9. The van der Waals surface area contributed by atoms with Crippen molar-refractivity contribution in [1.82, 2.24) is 10.3 Å². The Labute approximate surface area is 183 Å². The number of thioether (sulfide) groups is 1. The van der Waals surface area contributed by atoms with E-state index < -0.39 is 28.7 Å². The van der Waals surface area contributed by atoms with E-state index in [0.29, 0.717) is 0 Å². The summed E-state index contributed by atoms with van der Waals surface area (Å²) < 4.78 is 32.1. The van der Waals surface area contributed by atoms with Gasteiger partial charge in [0.25, 0.3) is 5.69 Å². The van der Waals surface area contributed by atoms with E-state index in [1.807, 2.05) is 12.1 Å². The summed E-state index contributed by atoms with van der Waals surface area (Å²) in [4.78, 5) is 16.6. The molecule has 13 heteroatoms. The second kappa shape index (κ2) is 8.87. The second-order valence-corrected chi connectivity index (χ2v) is 7.69. The molecule has 1 unspecified atom stereocenters. The maximum atomic E-state index is 13.4. The van der Waals surface area contributed by atoms with Crippen molar-refractivity contribution in [2.24, 2.45) is 7.05 Å². The molecule has 3 rings (SSSR count). The number of nitrogens with zero attached hydrogens (tertiary/aromatic N) is 5. The van der Waals surface area contributed by atoms with Gasteiger partial charge in [0.1, 0.15) is 28.5 Å². The number of carbonyl (C=O) groups excluding carboxylic acids is 1. The minimum absolute atomic E-state index is 0.0208. The molecule has 1 atom stereocenters. The van der Waals surface area contributed by atoms with Crippen molar-refractivity contribution >= 4 is 29.2 Å². The fourth-order valence-electron chi connectivity index (χ4n) is 2.74. The lowest BCUT2D eigenvalue weighted by atomic mass is 10.0. The number of nitrogens with two attached hydrogens (primary N) is 1. The van der Waals surface area contributed by atoms with Crippen LogP contribution in [0.25, 0.3) is 11.3 Å². The van der Waals surface area contributed by atoms with Crippen molar-refractivity contribution in [2.75, 3.05) is 11.1 Å². The number of benzene rings is 1. The molecule has 0 spiro atoms. The van der Waals surface area contributed by atoms with E-state index in [9.17, 15) is 29.2 Å². The van der Waals surface area contributed by atoms with Crippen molar-refractivity contribution in [3.63, 3.8) is 0 Å². The summed E-state index contributed by atoms with van der Waals surface area (Å²) in [6.45, 7) is 1.48. The molecule has 1 aromatic carbocycles. The summed E-state index contributed by atoms with van der Waals surface area (Å²) in [5.74, 6) is -3.95. The number of rotatable bonds is 5. The standard InChI is InChI=1S/C19H13F2N7O3S/c1-8(17(29)25-9-3-4-12(20)13(21)5-9)32-18-11(7-23)14(10(6-22)16(24)26-18)15-19(30)31-27-28(15)2/h3-5,8H,1-2H3,(H3-,24,25,26,27,29,30). The monoisotopic (exact) mass is 457 g/mol. The molecule has 0 radical (unpaired) electrons. The average molecular weight is 457 g/mol. The Morgan fingerprint density at radius 3 is 2.56 bits per heavy atom. The topological polar surface area (TPSA) is 169 Å². The van der Waals surface area contributed by atoms with Crippen LogP contribution >= 0.6 is 11.8 Å². The normalized spacial score (nSPS) is 11.4.